The topological polar surface area (TPSA) is 66.4 Å². The first-order valence-corrected chi connectivity index (χ1v) is 6.68. The highest BCUT2D eigenvalue weighted by atomic mass is 32.2. The van der Waals surface area contributed by atoms with Gasteiger partial charge in [-0.1, -0.05) is 0 Å². The Morgan fingerprint density at radius 3 is 2.28 bits per heavy atom. The van der Waals surface area contributed by atoms with Gasteiger partial charge in [0, 0.05) is 5.54 Å². The van der Waals surface area contributed by atoms with Crippen LogP contribution in [0.25, 0.3) is 0 Å². The summed E-state index contributed by atoms with van der Waals surface area (Å²) in [6.07, 6.45) is 0. The van der Waals surface area contributed by atoms with E-state index in [1.54, 1.807) is 20.8 Å². The van der Waals surface area contributed by atoms with Crippen molar-refractivity contribution >= 4 is 10.0 Å². The van der Waals surface area contributed by atoms with Gasteiger partial charge >= 0.3 is 0 Å². The fraction of sp³-hybridized carbons (Fsp3) is 0.455. The maximum atomic E-state index is 13.5. The summed E-state index contributed by atoms with van der Waals surface area (Å²) in [6, 6.07) is 1.66. The first kappa shape index (κ1) is 15.0. The van der Waals surface area contributed by atoms with Gasteiger partial charge < -0.3 is 5.11 Å². The summed E-state index contributed by atoms with van der Waals surface area (Å²) in [5.41, 5.74) is -0.833. The Morgan fingerprint density at radius 2 is 1.83 bits per heavy atom. The van der Waals surface area contributed by atoms with E-state index in [1.807, 2.05) is 0 Å². The Morgan fingerprint density at radius 1 is 1.28 bits per heavy atom. The first-order valence-electron chi connectivity index (χ1n) is 5.19. The zero-order valence-corrected chi connectivity index (χ0v) is 11.1. The van der Waals surface area contributed by atoms with Crippen LogP contribution in [0.3, 0.4) is 0 Å². The fourth-order valence-electron chi connectivity index (χ4n) is 1.36. The molecule has 1 aromatic carbocycles. The zero-order chi connectivity index (χ0) is 14.1. The van der Waals surface area contributed by atoms with Gasteiger partial charge in [-0.05, 0) is 38.5 Å². The molecule has 0 amide bonds. The predicted molar refractivity (Wildman–Crippen MR) is 62.4 cm³/mol. The molecule has 0 heterocycles. The van der Waals surface area contributed by atoms with Crippen LogP contribution in [-0.2, 0) is 16.6 Å². The second-order valence-corrected chi connectivity index (χ2v) is 6.55. The van der Waals surface area contributed by atoms with Gasteiger partial charge in [-0.2, -0.15) is 0 Å². The van der Waals surface area contributed by atoms with Crippen molar-refractivity contribution in [3.63, 3.8) is 0 Å². The quantitative estimate of drug-likeness (QED) is 0.882. The third kappa shape index (κ3) is 3.47. The summed E-state index contributed by atoms with van der Waals surface area (Å²) in [6.45, 7) is 4.16. The molecule has 0 aliphatic rings. The SMILES string of the molecule is CC(C)(C)NS(=O)(=O)c1cc(CO)cc(F)c1F. The van der Waals surface area contributed by atoms with Gasteiger partial charge in [0.2, 0.25) is 10.0 Å². The monoisotopic (exact) mass is 279 g/mol. The van der Waals surface area contributed by atoms with Gasteiger partial charge in [-0.25, -0.2) is 21.9 Å². The van der Waals surface area contributed by atoms with Crippen LogP contribution in [0.5, 0.6) is 0 Å². The van der Waals surface area contributed by atoms with Crippen molar-refractivity contribution in [1.82, 2.24) is 4.72 Å². The molecule has 0 bridgehead atoms. The third-order valence-corrected chi connectivity index (χ3v) is 3.72. The van der Waals surface area contributed by atoms with Gasteiger partial charge in [0.05, 0.1) is 6.61 Å². The lowest BCUT2D eigenvalue weighted by atomic mass is 10.1. The number of aliphatic hydroxyl groups is 1. The van der Waals surface area contributed by atoms with Crippen LogP contribution >= 0.6 is 0 Å². The number of aliphatic hydroxyl groups excluding tert-OH is 1. The van der Waals surface area contributed by atoms with Crippen LogP contribution in [0.1, 0.15) is 26.3 Å². The summed E-state index contributed by atoms with van der Waals surface area (Å²) >= 11 is 0. The molecular weight excluding hydrogens is 264 g/mol. The number of nitrogens with one attached hydrogen (secondary N) is 1. The molecule has 0 aromatic heterocycles. The van der Waals surface area contributed by atoms with Crippen LogP contribution in [-0.4, -0.2) is 19.1 Å². The van der Waals surface area contributed by atoms with Crippen molar-refractivity contribution in [3.8, 4) is 0 Å². The van der Waals surface area contributed by atoms with Crippen LogP contribution in [0.2, 0.25) is 0 Å². The summed E-state index contributed by atoms with van der Waals surface area (Å²) in [4.78, 5) is -0.804. The molecule has 0 atom stereocenters. The Hall–Kier alpha value is -1.05. The Bertz CT molecular complexity index is 550. The second kappa shape index (κ2) is 4.91. The molecule has 4 nitrogen and oxygen atoms in total. The third-order valence-electron chi connectivity index (χ3n) is 1.97. The largest absolute Gasteiger partial charge is 0.392 e. The molecule has 0 fully saturated rings. The van der Waals surface area contributed by atoms with E-state index in [2.05, 4.69) is 4.72 Å². The molecule has 0 unspecified atom stereocenters. The Balaban J connectivity index is 3.36. The Kier molecular flexibility index (Phi) is 4.09. The highest BCUT2D eigenvalue weighted by Crippen LogP contribution is 2.21. The van der Waals surface area contributed by atoms with E-state index < -0.39 is 38.7 Å². The van der Waals surface area contributed by atoms with E-state index in [4.69, 9.17) is 5.11 Å². The highest BCUT2D eigenvalue weighted by Gasteiger charge is 2.27. The lowest BCUT2D eigenvalue weighted by molar-refractivity contribution is 0.280. The van der Waals surface area contributed by atoms with E-state index in [9.17, 15) is 17.2 Å². The Labute approximate surface area is 105 Å². The molecule has 0 saturated carbocycles. The van der Waals surface area contributed by atoms with Crippen molar-refractivity contribution < 1.29 is 22.3 Å². The van der Waals surface area contributed by atoms with Crippen molar-refractivity contribution in [2.45, 2.75) is 37.8 Å². The summed E-state index contributed by atoms with van der Waals surface area (Å²) < 4.78 is 52.7. The van der Waals surface area contributed by atoms with E-state index in [0.29, 0.717) is 0 Å². The first-order chi connectivity index (χ1) is 8.07. The number of benzene rings is 1. The van der Waals surface area contributed by atoms with E-state index in [1.165, 1.54) is 0 Å². The molecule has 2 N–H and O–H groups in total. The molecule has 0 radical (unpaired) electrons. The molecule has 0 aliphatic carbocycles. The number of halogens is 2. The summed E-state index contributed by atoms with van der Waals surface area (Å²) in [5.74, 6) is -2.76. The maximum Gasteiger partial charge on any atom is 0.244 e. The van der Waals surface area contributed by atoms with Gasteiger partial charge in [0.15, 0.2) is 11.6 Å². The summed E-state index contributed by atoms with van der Waals surface area (Å²) in [7, 11) is -4.18. The lowest BCUT2D eigenvalue weighted by Gasteiger charge is -2.20. The number of hydrogen-bond donors (Lipinski definition) is 2. The lowest BCUT2D eigenvalue weighted by Crippen LogP contribution is -2.40. The maximum absolute atomic E-state index is 13.5. The normalized spacial score (nSPS) is 12.8. The highest BCUT2D eigenvalue weighted by molar-refractivity contribution is 7.89. The van der Waals surface area contributed by atoms with Gasteiger partial charge in [-0.3, -0.25) is 0 Å². The number of sulfonamides is 1. The van der Waals surface area contributed by atoms with Crippen molar-refractivity contribution in [2.75, 3.05) is 0 Å². The number of hydrogen-bond acceptors (Lipinski definition) is 3. The van der Waals surface area contributed by atoms with E-state index >= 15 is 0 Å². The van der Waals surface area contributed by atoms with E-state index in [-0.39, 0.29) is 5.56 Å². The average molecular weight is 279 g/mol. The molecule has 1 rings (SSSR count). The van der Waals surface area contributed by atoms with Crippen molar-refractivity contribution in [3.05, 3.63) is 29.3 Å². The van der Waals surface area contributed by atoms with Crippen LogP contribution in [0.15, 0.2) is 17.0 Å². The van der Waals surface area contributed by atoms with Crippen LogP contribution in [0.4, 0.5) is 8.78 Å². The number of rotatable bonds is 3. The van der Waals surface area contributed by atoms with Gasteiger partial charge in [0.25, 0.3) is 0 Å². The molecule has 102 valence electrons. The fourth-order valence-corrected chi connectivity index (χ4v) is 2.92. The van der Waals surface area contributed by atoms with E-state index in [0.717, 1.165) is 12.1 Å². The average Bonchev–Trinajstić information content (AvgIpc) is 2.17. The predicted octanol–water partition coefficient (Wildman–Crippen LogP) is 1.53. The smallest absolute Gasteiger partial charge is 0.244 e. The van der Waals surface area contributed by atoms with Gasteiger partial charge in [-0.15, -0.1) is 0 Å². The van der Waals surface area contributed by atoms with Crippen LogP contribution in [0, 0.1) is 11.6 Å². The minimum Gasteiger partial charge on any atom is -0.392 e. The molecule has 1 aromatic rings. The zero-order valence-electron chi connectivity index (χ0n) is 10.3. The molecule has 0 aliphatic heterocycles. The minimum absolute atomic E-state index is 0.0109. The van der Waals surface area contributed by atoms with Crippen LogP contribution < -0.4 is 4.72 Å². The molecule has 7 heteroatoms. The second-order valence-electron chi connectivity index (χ2n) is 4.90. The van der Waals surface area contributed by atoms with Crippen molar-refractivity contribution in [1.29, 1.82) is 0 Å². The van der Waals surface area contributed by atoms with Gasteiger partial charge in [0.1, 0.15) is 4.90 Å². The minimum atomic E-state index is -4.18. The molecular formula is C11H15F2NO3S. The standard InChI is InChI=1S/C11H15F2NO3S/c1-11(2,3)14-18(16,17)9-5-7(6-15)4-8(12)10(9)13/h4-5,14-15H,6H2,1-3H3. The molecule has 18 heavy (non-hydrogen) atoms. The van der Waals surface area contributed by atoms with Crippen molar-refractivity contribution in [2.24, 2.45) is 0 Å². The summed E-state index contributed by atoms with van der Waals surface area (Å²) in [5, 5.41) is 8.87. The molecule has 0 saturated heterocycles. The molecule has 0 spiro atoms.